The maximum Gasteiger partial charge on any atom is 0.137 e. The van der Waals surface area contributed by atoms with Crippen LogP contribution in [0.5, 0.6) is 5.75 Å². The van der Waals surface area contributed by atoms with Gasteiger partial charge >= 0.3 is 0 Å². The van der Waals surface area contributed by atoms with Crippen LogP contribution in [-0.4, -0.2) is 20.6 Å². The van der Waals surface area contributed by atoms with Crippen molar-refractivity contribution < 1.29 is 19.4 Å². The second kappa shape index (κ2) is 7.62. The summed E-state index contributed by atoms with van der Waals surface area (Å²) in [7, 11) is 0. The van der Waals surface area contributed by atoms with Gasteiger partial charge in [0.25, 0.3) is 0 Å². The summed E-state index contributed by atoms with van der Waals surface area (Å²) in [4.78, 5) is 4.51. The van der Waals surface area contributed by atoms with Gasteiger partial charge in [-0.15, -0.1) is 0 Å². The van der Waals surface area contributed by atoms with Gasteiger partial charge < -0.3 is 9.84 Å². The molecule has 4 heteroatoms. The molecule has 0 aliphatic carbocycles. The molecule has 0 aliphatic heterocycles. The smallest absolute Gasteiger partial charge is 0.137 e. The van der Waals surface area contributed by atoms with Gasteiger partial charge in [-0.25, -0.2) is 4.98 Å². The lowest BCUT2D eigenvalue weighted by molar-refractivity contribution is 0.0786. The van der Waals surface area contributed by atoms with Crippen molar-refractivity contribution in [3.63, 3.8) is 0 Å². The van der Waals surface area contributed by atoms with E-state index < -0.39 is 25.4 Å². The van der Waals surface area contributed by atoms with E-state index in [1.807, 2.05) is 23.6 Å². The molecule has 4 rings (SSSR count). The SMILES string of the molecule is [2H]C([2H])([2H])C([2H])(C)Oc1ccc(-c2cn3c(-c4ccc(C(C)(O)C([2H])([2H])[2H])cc4)cnc3cc2C)cc1. The Bertz CT molecular complexity index is 1420. The first-order chi connectivity index (χ1) is 17.0. The minimum Gasteiger partial charge on any atom is -0.491 e. The Labute approximate surface area is 187 Å². The first kappa shape index (κ1) is 13.2. The third-order valence-corrected chi connectivity index (χ3v) is 5.03. The molecule has 2 aromatic carbocycles. The molecule has 0 fully saturated rings. The van der Waals surface area contributed by atoms with E-state index in [1.54, 1.807) is 54.7 Å². The van der Waals surface area contributed by atoms with Crippen molar-refractivity contribution in [1.82, 2.24) is 9.38 Å². The first-order valence-electron chi connectivity index (χ1n) is 13.1. The zero-order valence-electron chi connectivity index (χ0n) is 24.1. The second-order valence-corrected chi connectivity index (χ2v) is 7.57. The van der Waals surface area contributed by atoms with Crippen LogP contribution < -0.4 is 4.74 Å². The molecule has 154 valence electrons. The molecular formula is C26H28N2O2. The lowest BCUT2D eigenvalue weighted by Gasteiger charge is -2.18. The average Bonchev–Trinajstić information content (AvgIpc) is 3.20. The maximum absolute atomic E-state index is 10.5. The molecule has 2 unspecified atom stereocenters. The molecule has 4 nitrogen and oxygen atoms in total. The summed E-state index contributed by atoms with van der Waals surface area (Å²) < 4.78 is 60.6. The summed E-state index contributed by atoms with van der Waals surface area (Å²) in [6.07, 6.45) is 1.62. The molecule has 1 N–H and O–H groups in total. The quantitative estimate of drug-likeness (QED) is 0.442. The van der Waals surface area contributed by atoms with E-state index in [-0.39, 0.29) is 5.75 Å². The third-order valence-electron chi connectivity index (χ3n) is 5.03. The fourth-order valence-corrected chi connectivity index (χ4v) is 3.48. The Balaban J connectivity index is 1.68. The summed E-state index contributed by atoms with van der Waals surface area (Å²) in [5, 5.41) is 10.5. The fourth-order valence-electron chi connectivity index (χ4n) is 3.48. The van der Waals surface area contributed by atoms with Gasteiger partial charge in [-0.2, -0.15) is 0 Å². The lowest BCUT2D eigenvalue weighted by atomic mass is 9.97. The molecule has 0 saturated carbocycles. The normalized spacial score (nSPS) is 19.8. The highest BCUT2D eigenvalue weighted by Crippen LogP contribution is 2.30. The average molecular weight is 408 g/mol. The summed E-state index contributed by atoms with van der Waals surface area (Å²) in [5.74, 6) is 0.285. The van der Waals surface area contributed by atoms with Crippen LogP contribution in [0.25, 0.3) is 28.0 Å². The van der Waals surface area contributed by atoms with Gasteiger partial charge in [-0.1, -0.05) is 36.4 Å². The molecule has 0 spiro atoms. The number of ether oxygens (including phenoxy) is 1. The van der Waals surface area contributed by atoms with Crippen LogP contribution >= 0.6 is 0 Å². The summed E-state index contributed by atoms with van der Waals surface area (Å²) in [5.41, 5.74) is 3.43. The van der Waals surface area contributed by atoms with Gasteiger partial charge in [0, 0.05) is 25.5 Å². The van der Waals surface area contributed by atoms with Gasteiger partial charge in [0.15, 0.2) is 0 Å². The van der Waals surface area contributed by atoms with Crippen LogP contribution in [0, 0.1) is 6.92 Å². The topological polar surface area (TPSA) is 46.8 Å². The molecule has 0 amide bonds. The largest absolute Gasteiger partial charge is 0.491 e. The Morgan fingerprint density at radius 2 is 1.83 bits per heavy atom. The van der Waals surface area contributed by atoms with E-state index >= 15 is 0 Å². The van der Waals surface area contributed by atoms with E-state index in [0.717, 1.165) is 33.6 Å². The molecule has 0 saturated heterocycles. The number of hydrogen-bond donors (Lipinski definition) is 1. The number of fused-ring (bicyclic) bond motifs is 1. The van der Waals surface area contributed by atoms with Crippen LogP contribution in [0.3, 0.4) is 0 Å². The molecule has 2 atom stereocenters. The summed E-state index contributed by atoms with van der Waals surface area (Å²) in [6.45, 7) is -0.691. The first-order valence-corrected chi connectivity index (χ1v) is 9.62. The monoisotopic (exact) mass is 407 g/mol. The van der Waals surface area contributed by atoms with Gasteiger partial charge in [0.1, 0.15) is 11.4 Å². The van der Waals surface area contributed by atoms with E-state index in [1.165, 1.54) is 13.8 Å². The van der Waals surface area contributed by atoms with Gasteiger partial charge in [0.05, 0.1) is 24.9 Å². The predicted octanol–water partition coefficient (Wildman–Crippen LogP) is 5.99. The Morgan fingerprint density at radius 1 is 1.13 bits per heavy atom. The van der Waals surface area contributed by atoms with Crippen molar-refractivity contribution in [3.8, 4) is 28.1 Å². The number of rotatable bonds is 5. The highest BCUT2D eigenvalue weighted by Gasteiger charge is 2.16. The number of aryl methyl sites for hydroxylation is 1. The Kier molecular flexibility index (Phi) is 3.36. The Hall–Kier alpha value is -3.11. The Morgan fingerprint density at radius 3 is 2.50 bits per heavy atom. The number of pyridine rings is 1. The van der Waals surface area contributed by atoms with Gasteiger partial charge in [-0.05, 0) is 69.4 Å². The molecule has 0 radical (unpaired) electrons. The van der Waals surface area contributed by atoms with Crippen molar-refractivity contribution >= 4 is 5.65 Å². The molecule has 0 aliphatic rings. The van der Waals surface area contributed by atoms with Crippen molar-refractivity contribution in [3.05, 3.63) is 78.1 Å². The molecule has 2 heterocycles. The standard InChI is InChI=1S/C26H28N2O2/c1-17(2)30-22-12-8-19(9-13-22)23-16-28-24(15-27-25(28)14-18(23)3)20-6-10-21(11-7-20)26(4,5)29/h6-17,29H,1-5H3/i1D3,4D3,17D. The highest BCUT2D eigenvalue weighted by molar-refractivity contribution is 5.72. The molecule has 30 heavy (non-hydrogen) atoms. The number of hydrogen-bond acceptors (Lipinski definition) is 3. The van der Waals surface area contributed by atoms with E-state index in [9.17, 15) is 5.11 Å². The fraction of sp³-hybridized carbons (Fsp3) is 0.269. The molecule has 0 bridgehead atoms. The van der Waals surface area contributed by atoms with Gasteiger partial charge in [-0.3, -0.25) is 4.40 Å². The van der Waals surface area contributed by atoms with Crippen LogP contribution in [0.2, 0.25) is 0 Å². The minimum absolute atomic E-state index is 0.285. The number of benzene rings is 2. The highest BCUT2D eigenvalue weighted by atomic mass is 16.5. The van der Waals surface area contributed by atoms with Crippen molar-refractivity contribution in [2.75, 3.05) is 0 Å². The van der Waals surface area contributed by atoms with Crippen molar-refractivity contribution in [2.24, 2.45) is 0 Å². The number of imidazole rings is 1. The molecule has 2 aromatic heterocycles. The van der Waals surface area contributed by atoms with E-state index in [4.69, 9.17) is 14.3 Å². The number of aliphatic hydroxyl groups is 1. The van der Waals surface area contributed by atoms with E-state index in [0.29, 0.717) is 5.56 Å². The lowest BCUT2D eigenvalue weighted by Crippen LogP contribution is -2.14. The van der Waals surface area contributed by atoms with Crippen molar-refractivity contribution in [2.45, 2.75) is 46.2 Å². The van der Waals surface area contributed by atoms with Crippen molar-refractivity contribution in [1.29, 1.82) is 0 Å². The number of aromatic nitrogens is 2. The summed E-state index contributed by atoms with van der Waals surface area (Å²) >= 11 is 0. The van der Waals surface area contributed by atoms with E-state index in [2.05, 4.69) is 4.98 Å². The van der Waals surface area contributed by atoms with Crippen LogP contribution in [0.1, 0.15) is 48.3 Å². The zero-order chi connectivity index (χ0) is 27.4. The second-order valence-electron chi connectivity index (χ2n) is 7.57. The predicted molar refractivity (Wildman–Crippen MR) is 122 cm³/mol. The molecule has 4 aromatic rings. The van der Waals surface area contributed by atoms with Crippen LogP contribution in [-0.2, 0) is 5.60 Å². The van der Waals surface area contributed by atoms with Gasteiger partial charge in [0.2, 0.25) is 0 Å². The van der Waals surface area contributed by atoms with Crippen LogP contribution in [0.4, 0.5) is 0 Å². The maximum atomic E-state index is 10.5. The third kappa shape index (κ3) is 3.96. The minimum atomic E-state index is -2.59. The number of nitrogens with zero attached hydrogens (tertiary/aromatic N) is 2. The zero-order valence-corrected chi connectivity index (χ0v) is 17.1. The molecular weight excluding hydrogens is 372 g/mol. The van der Waals surface area contributed by atoms with Crippen LogP contribution in [0.15, 0.2) is 67.0 Å². The summed E-state index contributed by atoms with van der Waals surface area (Å²) in [6, 6.07) is 15.6.